The van der Waals surface area contributed by atoms with Crippen LogP contribution in [0.5, 0.6) is 0 Å². The van der Waals surface area contributed by atoms with Crippen molar-refractivity contribution in [2.75, 3.05) is 0 Å². The van der Waals surface area contributed by atoms with E-state index in [9.17, 15) is 30.0 Å². The quantitative estimate of drug-likeness (QED) is 0.180. The number of rotatable bonds is 15. The van der Waals surface area contributed by atoms with E-state index in [1.165, 1.54) is 0 Å². The highest BCUT2D eigenvalue weighted by molar-refractivity contribution is 5.71. The first-order chi connectivity index (χ1) is 16.4. The van der Waals surface area contributed by atoms with E-state index in [-0.39, 0.29) is 23.2 Å². The highest BCUT2D eigenvalue weighted by Gasteiger charge is 2.47. The summed E-state index contributed by atoms with van der Waals surface area (Å²) in [6.45, 7) is 26.0. The van der Waals surface area contributed by atoms with E-state index in [0.717, 1.165) is 0 Å². The van der Waals surface area contributed by atoms with Gasteiger partial charge in [-0.05, 0) is 65.1 Å². The summed E-state index contributed by atoms with van der Waals surface area (Å²) in [5.41, 5.74) is -1.71. The second-order valence-corrected chi connectivity index (χ2v) is 15.7. The highest BCUT2D eigenvalue weighted by Crippen LogP contribution is 2.48. The molecular weight excluding hydrogens is 468 g/mol. The van der Waals surface area contributed by atoms with Gasteiger partial charge in [-0.15, -0.1) is 0 Å². The summed E-state index contributed by atoms with van der Waals surface area (Å²) in [6.07, 6.45) is 0.556. The molecule has 0 saturated carbocycles. The lowest BCUT2D eigenvalue weighted by Gasteiger charge is -2.46. The van der Waals surface area contributed by atoms with E-state index < -0.39 is 52.2 Å². The molecule has 6 nitrogen and oxygen atoms in total. The first-order valence-electron chi connectivity index (χ1n) is 14.2. The molecule has 0 fully saturated rings. The second-order valence-electron chi connectivity index (χ2n) is 15.7. The van der Waals surface area contributed by atoms with Gasteiger partial charge in [0.05, 0.1) is 24.0 Å². The van der Waals surface area contributed by atoms with Crippen LogP contribution in [0, 0.1) is 51.2 Å². The Kier molecular flexibility index (Phi) is 12.9. The maximum absolute atomic E-state index is 12.2. The van der Waals surface area contributed by atoms with Crippen LogP contribution in [-0.2, 0) is 9.59 Å². The first kappa shape index (κ1) is 35.9. The number of aliphatic hydroxyl groups is 2. The minimum absolute atomic E-state index is 0.143. The van der Waals surface area contributed by atoms with Crippen molar-refractivity contribution in [2.45, 2.75) is 134 Å². The standard InChI is InChI=1S/C31H60O6/c1-14-20(16-30(10,11)21(26(34)35)15-19(2)3)24(32)25(33)22(17-28(4,5)6)31(12,13)18-23(27(36)37)29(7,8)9/h19-25,32-33H,14-18H2,1-13H3,(H,34,35)(H,36,37). The summed E-state index contributed by atoms with van der Waals surface area (Å²) in [4.78, 5) is 24.3. The minimum atomic E-state index is -1.06. The Balaban J connectivity index is 6.23. The molecule has 6 heteroatoms. The molecule has 6 atom stereocenters. The monoisotopic (exact) mass is 528 g/mol. The van der Waals surface area contributed by atoms with Crippen LogP contribution in [-0.4, -0.2) is 44.6 Å². The number of aliphatic hydroxyl groups excluding tert-OH is 2. The molecule has 0 aromatic heterocycles. The summed E-state index contributed by atoms with van der Waals surface area (Å²) < 4.78 is 0. The molecule has 0 amide bonds. The Bertz CT molecular complexity index is 725. The maximum atomic E-state index is 12.2. The van der Waals surface area contributed by atoms with Gasteiger partial charge in [0, 0.05) is 0 Å². The lowest BCUT2D eigenvalue weighted by molar-refractivity contribution is -0.151. The fourth-order valence-corrected chi connectivity index (χ4v) is 6.03. The van der Waals surface area contributed by atoms with Crippen LogP contribution in [0.1, 0.15) is 122 Å². The summed E-state index contributed by atoms with van der Waals surface area (Å²) in [5.74, 6) is -3.19. The predicted molar refractivity (Wildman–Crippen MR) is 151 cm³/mol. The van der Waals surface area contributed by atoms with Gasteiger partial charge in [0.1, 0.15) is 0 Å². The van der Waals surface area contributed by atoms with E-state index in [0.29, 0.717) is 32.1 Å². The van der Waals surface area contributed by atoms with Gasteiger partial charge in [-0.1, -0.05) is 96.4 Å². The Morgan fingerprint density at radius 3 is 1.46 bits per heavy atom. The molecule has 0 aromatic carbocycles. The molecule has 0 aliphatic heterocycles. The van der Waals surface area contributed by atoms with Crippen LogP contribution in [0.25, 0.3) is 0 Å². The first-order valence-corrected chi connectivity index (χ1v) is 14.2. The van der Waals surface area contributed by atoms with Gasteiger partial charge in [0.2, 0.25) is 0 Å². The van der Waals surface area contributed by atoms with Crippen molar-refractivity contribution < 1.29 is 30.0 Å². The van der Waals surface area contributed by atoms with Gasteiger partial charge >= 0.3 is 11.9 Å². The number of carboxylic acid groups (broad SMARTS) is 2. The molecule has 0 aliphatic rings. The average molecular weight is 529 g/mol. The van der Waals surface area contributed by atoms with Gasteiger partial charge in [-0.25, -0.2) is 0 Å². The summed E-state index contributed by atoms with van der Waals surface area (Å²) >= 11 is 0. The fourth-order valence-electron chi connectivity index (χ4n) is 6.03. The number of carbonyl (C=O) groups is 2. The molecule has 0 saturated heterocycles. The SMILES string of the molecule is CCC(CC(C)(C)C(CC(C)C)C(=O)O)C(O)C(O)C(CC(C)(C)C)C(C)(C)CC(C(=O)O)C(C)(C)C. The van der Waals surface area contributed by atoms with Crippen LogP contribution in [0.4, 0.5) is 0 Å². The summed E-state index contributed by atoms with van der Waals surface area (Å²) in [7, 11) is 0. The smallest absolute Gasteiger partial charge is 0.307 e. The van der Waals surface area contributed by atoms with Gasteiger partial charge < -0.3 is 20.4 Å². The Hall–Kier alpha value is -1.14. The van der Waals surface area contributed by atoms with Crippen LogP contribution in [0.15, 0.2) is 0 Å². The third-order valence-corrected chi connectivity index (χ3v) is 8.42. The molecule has 37 heavy (non-hydrogen) atoms. The number of hydrogen-bond donors (Lipinski definition) is 4. The molecular formula is C31H60O6. The van der Waals surface area contributed by atoms with Gasteiger partial charge in [-0.2, -0.15) is 0 Å². The average Bonchev–Trinajstić information content (AvgIpc) is 2.69. The third-order valence-electron chi connectivity index (χ3n) is 8.42. The molecule has 6 unspecified atom stereocenters. The van der Waals surface area contributed by atoms with Crippen molar-refractivity contribution in [3.8, 4) is 0 Å². The van der Waals surface area contributed by atoms with Crippen LogP contribution in [0.2, 0.25) is 0 Å². The fraction of sp³-hybridized carbons (Fsp3) is 0.935. The number of aliphatic carboxylic acids is 2. The Morgan fingerprint density at radius 1 is 0.676 bits per heavy atom. The number of carboxylic acids is 2. The summed E-state index contributed by atoms with van der Waals surface area (Å²) in [6, 6.07) is 0. The van der Waals surface area contributed by atoms with E-state index in [1.54, 1.807) is 0 Å². The molecule has 0 aromatic rings. The zero-order valence-corrected chi connectivity index (χ0v) is 26.2. The molecule has 0 aliphatic carbocycles. The molecule has 4 N–H and O–H groups in total. The minimum Gasteiger partial charge on any atom is -0.481 e. The van der Waals surface area contributed by atoms with Crippen LogP contribution < -0.4 is 0 Å². The van der Waals surface area contributed by atoms with Crippen molar-refractivity contribution >= 4 is 11.9 Å². The Labute approximate surface area is 227 Å². The second kappa shape index (κ2) is 13.3. The van der Waals surface area contributed by atoms with Crippen LogP contribution in [0.3, 0.4) is 0 Å². The molecule has 0 rings (SSSR count). The Morgan fingerprint density at radius 2 is 1.14 bits per heavy atom. The zero-order valence-electron chi connectivity index (χ0n) is 26.2. The lowest BCUT2D eigenvalue weighted by Crippen LogP contribution is -2.48. The molecule has 220 valence electrons. The summed E-state index contributed by atoms with van der Waals surface area (Å²) in [5, 5.41) is 43.2. The highest BCUT2D eigenvalue weighted by atomic mass is 16.4. The predicted octanol–water partition coefficient (Wildman–Crippen LogP) is 7.11. The van der Waals surface area contributed by atoms with Crippen molar-refractivity contribution in [3.63, 3.8) is 0 Å². The van der Waals surface area contributed by atoms with Crippen molar-refractivity contribution in [1.82, 2.24) is 0 Å². The van der Waals surface area contributed by atoms with Crippen molar-refractivity contribution in [3.05, 3.63) is 0 Å². The van der Waals surface area contributed by atoms with Crippen molar-refractivity contribution in [1.29, 1.82) is 0 Å². The lowest BCUT2D eigenvalue weighted by atomic mass is 9.60. The van der Waals surface area contributed by atoms with E-state index in [1.807, 2.05) is 69.2 Å². The van der Waals surface area contributed by atoms with Gasteiger partial charge in [0.25, 0.3) is 0 Å². The normalized spacial score (nSPS) is 18.7. The largest absolute Gasteiger partial charge is 0.481 e. The third kappa shape index (κ3) is 11.2. The topological polar surface area (TPSA) is 115 Å². The van der Waals surface area contributed by atoms with E-state index in [2.05, 4.69) is 20.8 Å². The van der Waals surface area contributed by atoms with Crippen molar-refractivity contribution in [2.24, 2.45) is 51.2 Å². The van der Waals surface area contributed by atoms with Gasteiger partial charge in [0.15, 0.2) is 0 Å². The van der Waals surface area contributed by atoms with Crippen LogP contribution >= 0.6 is 0 Å². The molecule has 0 radical (unpaired) electrons. The number of hydrogen-bond acceptors (Lipinski definition) is 4. The molecule has 0 spiro atoms. The molecule has 0 heterocycles. The maximum Gasteiger partial charge on any atom is 0.307 e. The zero-order chi connectivity index (χ0) is 29.7. The van der Waals surface area contributed by atoms with Gasteiger partial charge in [-0.3, -0.25) is 9.59 Å². The van der Waals surface area contributed by atoms with E-state index >= 15 is 0 Å². The van der Waals surface area contributed by atoms with E-state index in [4.69, 9.17) is 0 Å². The molecule has 0 bridgehead atoms.